The molecule has 2 heterocycles. The average Bonchev–Trinajstić information content (AvgIpc) is 3.52. The molecule has 0 aromatic heterocycles. The van der Waals surface area contributed by atoms with E-state index in [-0.39, 0.29) is 31.5 Å². The summed E-state index contributed by atoms with van der Waals surface area (Å²) in [6.07, 6.45) is -2.90. The van der Waals surface area contributed by atoms with Crippen molar-refractivity contribution in [2.24, 2.45) is 5.73 Å². The van der Waals surface area contributed by atoms with Crippen molar-refractivity contribution in [1.29, 1.82) is 0 Å². The molecule has 0 radical (unpaired) electrons. The molecule has 0 bridgehead atoms. The molecule has 0 spiro atoms. The van der Waals surface area contributed by atoms with Gasteiger partial charge in [0.2, 0.25) is 17.7 Å². The number of alkyl carbamates (subject to hydrolysis) is 1. The largest absolute Gasteiger partial charge is 0.445 e. The molecule has 4 rings (SSSR count). The van der Waals surface area contributed by atoms with E-state index in [0.29, 0.717) is 43.9 Å². The first-order valence-electron chi connectivity index (χ1n) is 16.5. The lowest BCUT2D eigenvalue weighted by molar-refractivity contribution is -0.147. The number of rotatable bonds is 13. The van der Waals surface area contributed by atoms with Crippen molar-refractivity contribution >= 4 is 29.7 Å². The summed E-state index contributed by atoms with van der Waals surface area (Å²) in [5.41, 5.74) is 6.27. The summed E-state index contributed by atoms with van der Waals surface area (Å²) in [4.78, 5) is 69.4. The zero-order valence-corrected chi connectivity index (χ0v) is 28.3. The van der Waals surface area contributed by atoms with Crippen molar-refractivity contribution in [2.75, 3.05) is 32.8 Å². The number of amides is 5. The number of aliphatic hydroxyl groups is 1. The Labute approximate surface area is 286 Å². The van der Waals surface area contributed by atoms with Gasteiger partial charge in [-0.1, -0.05) is 60.7 Å². The maximum Gasteiger partial charge on any atom is 0.408 e. The fraction of sp³-hybridized carbons (Fsp3) is 0.514. The van der Waals surface area contributed by atoms with Crippen LogP contribution in [0.25, 0.3) is 0 Å². The Kier molecular flexibility index (Phi) is 13.1. The Balaban J connectivity index is 1.54. The minimum Gasteiger partial charge on any atom is -0.445 e. The van der Waals surface area contributed by atoms with Crippen LogP contribution < -0.4 is 21.7 Å². The molecule has 0 saturated carbocycles. The van der Waals surface area contributed by atoms with Crippen molar-refractivity contribution in [3.05, 3.63) is 71.8 Å². The second kappa shape index (κ2) is 17.2. The SMILES string of the molecule is CC(C)(C)NC(=O)[C@@H]1CC(N2CCOCC2)CN1C(=O)[C@@H](O)[C@H](Cc1ccccc1)NC(=O)[C@H](CC(N)=O)NC(=O)OCc1ccccc1. The number of aliphatic hydroxyl groups excluding tert-OH is 1. The molecule has 266 valence electrons. The van der Waals surface area contributed by atoms with Gasteiger partial charge in [-0.15, -0.1) is 0 Å². The minimum absolute atomic E-state index is 0.0286. The first-order chi connectivity index (χ1) is 23.3. The molecule has 2 fully saturated rings. The molecular formula is C35H48N6O8. The zero-order valence-electron chi connectivity index (χ0n) is 28.3. The van der Waals surface area contributed by atoms with E-state index >= 15 is 0 Å². The maximum absolute atomic E-state index is 14.2. The highest BCUT2D eigenvalue weighted by Crippen LogP contribution is 2.26. The number of ether oxygens (including phenoxy) is 2. The van der Waals surface area contributed by atoms with Crippen LogP contribution in [-0.2, 0) is 41.7 Å². The van der Waals surface area contributed by atoms with Crippen LogP contribution in [0.1, 0.15) is 44.7 Å². The van der Waals surface area contributed by atoms with Crippen molar-refractivity contribution in [3.63, 3.8) is 0 Å². The number of morpholine rings is 1. The van der Waals surface area contributed by atoms with E-state index in [2.05, 4.69) is 20.9 Å². The van der Waals surface area contributed by atoms with Crippen molar-refractivity contribution in [3.8, 4) is 0 Å². The van der Waals surface area contributed by atoms with Crippen LogP contribution in [0.5, 0.6) is 0 Å². The van der Waals surface area contributed by atoms with Crippen LogP contribution >= 0.6 is 0 Å². The number of hydrogen-bond donors (Lipinski definition) is 5. The first kappa shape index (κ1) is 37.3. The second-order valence-corrected chi connectivity index (χ2v) is 13.5. The number of carbonyl (C=O) groups excluding carboxylic acids is 5. The molecule has 5 amide bonds. The Bertz CT molecular complexity index is 1430. The molecular weight excluding hydrogens is 632 g/mol. The van der Waals surface area contributed by atoms with E-state index in [1.54, 1.807) is 54.6 Å². The van der Waals surface area contributed by atoms with Crippen LogP contribution in [0.15, 0.2) is 60.7 Å². The van der Waals surface area contributed by atoms with Gasteiger partial charge in [0.25, 0.3) is 5.91 Å². The molecule has 5 atom stereocenters. The van der Waals surface area contributed by atoms with E-state index in [9.17, 15) is 29.1 Å². The summed E-state index contributed by atoms with van der Waals surface area (Å²) in [6, 6.07) is 14.2. The fourth-order valence-electron chi connectivity index (χ4n) is 6.02. The van der Waals surface area contributed by atoms with E-state index < -0.39 is 60.0 Å². The predicted octanol–water partition coefficient (Wildman–Crippen LogP) is 0.462. The van der Waals surface area contributed by atoms with Gasteiger partial charge in [0.1, 0.15) is 18.7 Å². The number of hydrogen-bond acceptors (Lipinski definition) is 9. The number of primary amides is 1. The summed E-state index contributed by atoms with van der Waals surface area (Å²) in [5.74, 6) is -2.78. The van der Waals surface area contributed by atoms with Gasteiger partial charge < -0.3 is 41.2 Å². The van der Waals surface area contributed by atoms with Crippen molar-refractivity contribution in [2.45, 2.75) is 82.5 Å². The Morgan fingerprint density at radius 1 is 0.959 bits per heavy atom. The van der Waals surface area contributed by atoms with Gasteiger partial charge in [0.15, 0.2) is 6.10 Å². The third kappa shape index (κ3) is 11.3. The molecule has 0 aliphatic carbocycles. The van der Waals surface area contributed by atoms with Gasteiger partial charge in [0.05, 0.1) is 25.7 Å². The van der Waals surface area contributed by atoms with E-state index in [1.165, 1.54) is 4.90 Å². The first-order valence-corrected chi connectivity index (χ1v) is 16.5. The summed E-state index contributed by atoms with van der Waals surface area (Å²) < 4.78 is 10.7. The summed E-state index contributed by atoms with van der Waals surface area (Å²) >= 11 is 0. The molecule has 14 heteroatoms. The number of carbonyl (C=O) groups is 5. The zero-order chi connectivity index (χ0) is 35.6. The number of benzene rings is 2. The molecule has 2 aliphatic heterocycles. The third-order valence-corrected chi connectivity index (χ3v) is 8.41. The Morgan fingerprint density at radius 3 is 2.16 bits per heavy atom. The number of nitrogens with two attached hydrogens (primary N) is 1. The van der Waals surface area contributed by atoms with Crippen LogP contribution in [0, 0.1) is 0 Å². The molecule has 6 N–H and O–H groups in total. The smallest absolute Gasteiger partial charge is 0.408 e. The molecule has 14 nitrogen and oxygen atoms in total. The van der Waals surface area contributed by atoms with Crippen LogP contribution in [-0.4, -0.2) is 113 Å². The third-order valence-electron chi connectivity index (χ3n) is 8.41. The molecule has 2 saturated heterocycles. The van der Waals surface area contributed by atoms with Gasteiger partial charge in [-0.2, -0.15) is 0 Å². The summed E-state index contributed by atoms with van der Waals surface area (Å²) in [6.45, 7) is 8.04. The highest BCUT2D eigenvalue weighted by molar-refractivity contribution is 5.93. The lowest BCUT2D eigenvalue weighted by Crippen LogP contribution is -2.59. The van der Waals surface area contributed by atoms with Crippen LogP contribution in [0.3, 0.4) is 0 Å². The Hall–Kier alpha value is -4.53. The Morgan fingerprint density at radius 2 is 1.57 bits per heavy atom. The van der Waals surface area contributed by atoms with Crippen molar-refractivity contribution < 1.29 is 38.6 Å². The highest BCUT2D eigenvalue weighted by atomic mass is 16.5. The van der Waals surface area contributed by atoms with Gasteiger partial charge in [-0.05, 0) is 44.7 Å². The molecule has 49 heavy (non-hydrogen) atoms. The maximum atomic E-state index is 14.2. The summed E-state index contributed by atoms with van der Waals surface area (Å²) in [7, 11) is 0. The van der Waals surface area contributed by atoms with E-state index in [4.69, 9.17) is 15.2 Å². The van der Waals surface area contributed by atoms with Gasteiger partial charge in [-0.25, -0.2) is 4.79 Å². The second-order valence-electron chi connectivity index (χ2n) is 13.5. The number of nitrogens with zero attached hydrogens (tertiary/aromatic N) is 2. The van der Waals surface area contributed by atoms with Gasteiger partial charge in [-0.3, -0.25) is 24.1 Å². The lowest BCUT2D eigenvalue weighted by atomic mass is 9.99. The molecule has 2 aliphatic rings. The van der Waals surface area contributed by atoms with Crippen molar-refractivity contribution in [1.82, 2.24) is 25.8 Å². The van der Waals surface area contributed by atoms with E-state index in [0.717, 1.165) is 0 Å². The lowest BCUT2D eigenvalue weighted by Gasteiger charge is -2.33. The molecule has 2 aromatic carbocycles. The monoisotopic (exact) mass is 680 g/mol. The van der Waals surface area contributed by atoms with Gasteiger partial charge in [0, 0.05) is 31.2 Å². The predicted molar refractivity (Wildman–Crippen MR) is 180 cm³/mol. The fourth-order valence-corrected chi connectivity index (χ4v) is 6.02. The molecule has 2 aromatic rings. The minimum atomic E-state index is -1.78. The van der Waals surface area contributed by atoms with Crippen LogP contribution in [0.4, 0.5) is 4.79 Å². The van der Waals surface area contributed by atoms with E-state index in [1.807, 2.05) is 26.8 Å². The quantitative estimate of drug-likeness (QED) is 0.200. The number of nitrogens with one attached hydrogen (secondary N) is 3. The summed E-state index contributed by atoms with van der Waals surface area (Å²) in [5, 5.41) is 19.7. The number of likely N-dealkylation sites (tertiary alicyclic amines) is 1. The average molecular weight is 681 g/mol. The standard InChI is InChI=1S/C35H48N6O8/c1-35(2,3)39-32(45)28-19-25(40-14-16-48-17-15-40)21-41(28)33(46)30(43)26(18-23-10-6-4-7-11-23)37-31(44)27(20-29(36)42)38-34(47)49-22-24-12-8-5-9-13-24/h4-13,25-28,30,43H,14-22H2,1-3H3,(H2,36,42)(H,37,44)(H,38,47)(H,39,45)/t25?,26-,27-,28-,30-/m0/s1. The van der Waals surface area contributed by atoms with Crippen LogP contribution in [0.2, 0.25) is 0 Å². The topological polar surface area (TPSA) is 193 Å². The van der Waals surface area contributed by atoms with Gasteiger partial charge >= 0.3 is 6.09 Å². The molecule has 1 unspecified atom stereocenters. The normalized spacial score (nSPS) is 20.0. The highest BCUT2D eigenvalue weighted by Gasteiger charge is 2.45.